The van der Waals surface area contributed by atoms with E-state index in [1.54, 1.807) is 0 Å². The standard InChI is InChI=1S/C13H27N3S/c1-3-14-13(15-9-4-5-11-17-2)16-10-8-12-6-7-12/h12H,3-11H2,1-2H3,(H2,14,15,16). The average molecular weight is 257 g/mol. The molecule has 0 spiro atoms. The highest BCUT2D eigenvalue weighted by Crippen LogP contribution is 2.31. The molecule has 2 N–H and O–H groups in total. The molecule has 0 radical (unpaired) electrons. The van der Waals surface area contributed by atoms with Gasteiger partial charge in [-0.05, 0) is 44.1 Å². The molecule has 0 bridgehead atoms. The molecule has 0 aromatic carbocycles. The Balaban J connectivity index is 2.07. The van der Waals surface area contributed by atoms with E-state index in [0.29, 0.717) is 0 Å². The Hall–Kier alpha value is -0.380. The highest BCUT2D eigenvalue weighted by atomic mass is 32.2. The van der Waals surface area contributed by atoms with Gasteiger partial charge in [0.25, 0.3) is 0 Å². The molecule has 17 heavy (non-hydrogen) atoms. The van der Waals surface area contributed by atoms with Crippen LogP contribution in [-0.2, 0) is 0 Å². The average Bonchev–Trinajstić information content (AvgIpc) is 3.13. The predicted molar refractivity (Wildman–Crippen MR) is 78.9 cm³/mol. The number of rotatable bonds is 9. The summed E-state index contributed by atoms with van der Waals surface area (Å²) in [7, 11) is 0. The predicted octanol–water partition coefficient (Wildman–Crippen LogP) is 2.48. The number of nitrogens with one attached hydrogen (secondary N) is 2. The first-order valence-corrected chi connectivity index (χ1v) is 8.27. The number of thioether (sulfide) groups is 1. The van der Waals surface area contributed by atoms with E-state index in [2.05, 4.69) is 28.8 Å². The number of guanidine groups is 1. The van der Waals surface area contributed by atoms with Crippen molar-refractivity contribution in [1.29, 1.82) is 0 Å². The Bertz CT molecular complexity index is 215. The van der Waals surface area contributed by atoms with Gasteiger partial charge in [-0.15, -0.1) is 0 Å². The van der Waals surface area contributed by atoms with Gasteiger partial charge < -0.3 is 10.6 Å². The number of hydrogen-bond acceptors (Lipinski definition) is 2. The molecular formula is C13H27N3S. The van der Waals surface area contributed by atoms with Gasteiger partial charge in [-0.1, -0.05) is 12.8 Å². The molecule has 0 aromatic rings. The largest absolute Gasteiger partial charge is 0.357 e. The molecule has 0 unspecified atom stereocenters. The van der Waals surface area contributed by atoms with Gasteiger partial charge in [-0.2, -0.15) is 11.8 Å². The van der Waals surface area contributed by atoms with Crippen LogP contribution in [0.1, 0.15) is 39.0 Å². The van der Waals surface area contributed by atoms with Gasteiger partial charge in [0, 0.05) is 19.6 Å². The summed E-state index contributed by atoms with van der Waals surface area (Å²) in [5, 5.41) is 6.72. The van der Waals surface area contributed by atoms with E-state index >= 15 is 0 Å². The van der Waals surface area contributed by atoms with Gasteiger partial charge in [0.05, 0.1) is 0 Å². The van der Waals surface area contributed by atoms with Crippen LogP contribution in [0.3, 0.4) is 0 Å². The fraction of sp³-hybridized carbons (Fsp3) is 0.923. The molecular weight excluding hydrogens is 230 g/mol. The van der Waals surface area contributed by atoms with Gasteiger partial charge in [0.15, 0.2) is 5.96 Å². The molecule has 1 saturated carbocycles. The first-order valence-electron chi connectivity index (χ1n) is 6.88. The fourth-order valence-electron chi connectivity index (χ4n) is 1.69. The molecule has 4 heteroatoms. The fourth-order valence-corrected chi connectivity index (χ4v) is 2.18. The lowest BCUT2D eigenvalue weighted by Crippen LogP contribution is -2.38. The summed E-state index contributed by atoms with van der Waals surface area (Å²) in [6.07, 6.45) is 8.80. The van der Waals surface area contributed by atoms with Gasteiger partial charge in [0.1, 0.15) is 0 Å². The number of unbranched alkanes of at least 4 members (excludes halogenated alkanes) is 1. The number of hydrogen-bond donors (Lipinski definition) is 2. The van der Waals surface area contributed by atoms with E-state index in [4.69, 9.17) is 0 Å². The molecule has 0 aliphatic heterocycles. The third-order valence-corrected chi connectivity index (χ3v) is 3.61. The summed E-state index contributed by atoms with van der Waals surface area (Å²) < 4.78 is 0. The maximum absolute atomic E-state index is 4.59. The normalized spacial score (nSPS) is 16.0. The summed E-state index contributed by atoms with van der Waals surface area (Å²) in [6.45, 7) is 5.08. The van der Waals surface area contributed by atoms with Crippen LogP contribution < -0.4 is 10.6 Å². The first-order chi connectivity index (χ1) is 8.36. The van der Waals surface area contributed by atoms with E-state index in [0.717, 1.165) is 31.5 Å². The Morgan fingerprint density at radius 2 is 2.12 bits per heavy atom. The molecule has 3 nitrogen and oxygen atoms in total. The van der Waals surface area contributed by atoms with Crippen LogP contribution >= 0.6 is 11.8 Å². The molecule has 1 rings (SSSR count). The Labute approximate surface area is 110 Å². The van der Waals surface area contributed by atoms with Crippen LogP contribution in [-0.4, -0.2) is 37.6 Å². The van der Waals surface area contributed by atoms with E-state index in [9.17, 15) is 0 Å². The van der Waals surface area contributed by atoms with Crippen molar-refractivity contribution in [3.63, 3.8) is 0 Å². The lowest BCUT2D eigenvalue weighted by atomic mass is 10.3. The molecule has 0 amide bonds. The maximum Gasteiger partial charge on any atom is 0.191 e. The van der Waals surface area contributed by atoms with Crippen LogP contribution in [0.5, 0.6) is 0 Å². The van der Waals surface area contributed by atoms with Crippen molar-refractivity contribution in [1.82, 2.24) is 10.6 Å². The summed E-state index contributed by atoms with van der Waals surface area (Å²) in [5.41, 5.74) is 0. The second-order valence-electron chi connectivity index (χ2n) is 4.62. The minimum absolute atomic E-state index is 0.944. The quantitative estimate of drug-likeness (QED) is 0.378. The van der Waals surface area contributed by atoms with Crippen molar-refractivity contribution in [3.8, 4) is 0 Å². The minimum atomic E-state index is 0.944. The molecule has 1 aliphatic carbocycles. The third-order valence-electron chi connectivity index (χ3n) is 2.91. The van der Waals surface area contributed by atoms with Crippen molar-refractivity contribution >= 4 is 17.7 Å². The highest BCUT2D eigenvalue weighted by Gasteiger charge is 2.20. The van der Waals surface area contributed by atoms with Crippen LogP contribution in [0.2, 0.25) is 0 Å². The van der Waals surface area contributed by atoms with Crippen LogP contribution in [0.4, 0.5) is 0 Å². The van der Waals surface area contributed by atoms with Crippen LogP contribution in [0.15, 0.2) is 4.99 Å². The Kier molecular flexibility index (Phi) is 8.32. The number of nitrogens with zero attached hydrogens (tertiary/aromatic N) is 1. The van der Waals surface area contributed by atoms with E-state index in [1.807, 2.05) is 11.8 Å². The molecule has 1 fully saturated rings. The van der Waals surface area contributed by atoms with Crippen molar-refractivity contribution in [2.75, 3.05) is 31.6 Å². The second-order valence-corrected chi connectivity index (χ2v) is 5.60. The summed E-state index contributed by atoms with van der Waals surface area (Å²) in [6, 6.07) is 0. The van der Waals surface area contributed by atoms with E-state index in [-0.39, 0.29) is 0 Å². The Morgan fingerprint density at radius 3 is 2.76 bits per heavy atom. The third kappa shape index (κ3) is 8.36. The Morgan fingerprint density at radius 1 is 1.29 bits per heavy atom. The van der Waals surface area contributed by atoms with E-state index in [1.165, 1.54) is 37.9 Å². The minimum Gasteiger partial charge on any atom is -0.357 e. The zero-order chi connectivity index (χ0) is 12.3. The van der Waals surface area contributed by atoms with Crippen LogP contribution in [0, 0.1) is 5.92 Å². The van der Waals surface area contributed by atoms with Gasteiger partial charge in [0.2, 0.25) is 0 Å². The zero-order valence-corrected chi connectivity index (χ0v) is 12.1. The van der Waals surface area contributed by atoms with Gasteiger partial charge in [-0.3, -0.25) is 4.99 Å². The van der Waals surface area contributed by atoms with Gasteiger partial charge >= 0.3 is 0 Å². The topological polar surface area (TPSA) is 36.4 Å². The molecule has 0 atom stereocenters. The SMILES string of the molecule is CCNC(=NCCCCSC)NCCC1CC1. The van der Waals surface area contributed by atoms with Crippen LogP contribution in [0.25, 0.3) is 0 Å². The van der Waals surface area contributed by atoms with Crippen molar-refractivity contribution in [2.45, 2.75) is 39.0 Å². The lowest BCUT2D eigenvalue weighted by Gasteiger charge is -2.10. The molecule has 1 aliphatic rings. The van der Waals surface area contributed by atoms with E-state index < -0.39 is 0 Å². The lowest BCUT2D eigenvalue weighted by molar-refractivity contribution is 0.683. The van der Waals surface area contributed by atoms with Gasteiger partial charge in [-0.25, -0.2) is 0 Å². The first kappa shape index (κ1) is 14.7. The molecule has 100 valence electrons. The monoisotopic (exact) mass is 257 g/mol. The summed E-state index contributed by atoms with van der Waals surface area (Å²) >= 11 is 1.92. The number of aliphatic imine (C=N–C) groups is 1. The summed E-state index contributed by atoms with van der Waals surface area (Å²) in [5.74, 6) is 3.24. The second kappa shape index (κ2) is 9.63. The zero-order valence-electron chi connectivity index (χ0n) is 11.3. The summed E-state index contributed by atoms with van der Waals surface area (Å²) in [4.78, 5) is 4.59. The molecule has 0 saturated heterocycles. The maximum atomic E-state index is 4.59. The molecule has 0 heterocycles. The van der Waals surface area contributed by atoms with Crippen molar-refractivity contribution in [2.24, 2.45) is 10.9 Å². The highest BCUT2D eigenvalue weighted by molar-refractivity contribution is 7.98. The van der Waals surface area contributed by atoms with Crippen molar-refractivity contribution in [3.05, 3.63) is 0 Å². The molecule has 0 aromatic heterocycles. The van der Waals surface area contributed by atoms with Crippen molar-refractivity contribution < 1.29 is 0 Å². The smallest absolute Gasteiger partial charge is 0.191 e.